The third-order valence-corrected chi connectivity index (χ3v) is 4.19. The summed E-state index contributed by atoms with van der Waals surface area (Å²) < 4.78 is 0. The maximum absolute atomic E-state index is 9.74. The van der Waals surface area contributed by atoms with Gasteiger partial charge in [-0.05, 0) is 32.1 Å². The molecule has 21 heavy (non-hydrogen) atoms. The van der Waals surface area contributed by atoms with Crippen molar-refractivity contribution in [1.82, 2.24) is 5.32 Å². The molecule has 0 radical (unpaired) electrons. The lowest BCUT2D eigenvalue weighted by atomic mass is 9.94. The van der Waals surface area contributed by atoms with Crippen LogP contribution < -0.4 is 11.1 Å². The summed E-state index contributed by atoms with van der Waals surface area (Å²) in [6, 6.07) is 0.369. The van der Waals surface area contributed by atoms with E-state index in [2.05, 4.69) is 36.5 Å². The predicted molar refractivity (Wildman–Crippen MR) is 91.3 cm³/mol. The van der Waals surface area contributed by atoms with Crippen LogP contribution in [0.3, 0.4) is 0 Å². The zero-order valence-electron chi connectivity index (χ0n) is 13.6. The molecule has 0 aromatic carbocycles. The van der Waals surface area contributed by atoms with Gasteiger partial charge >= 0.3 is 0 Å². The summed E-state index contributed by atoms with van der Waals surface area (Å²) >= 11 is 0. The molecule has 3 heteroatoms. The van der Waals surface area contributed by atoms with Crippen LogP contribution >= 0.6 is 0 Å². The van der Waals surface area contributed by atoms with E-state index in [1.165, 1.54) is 44.9 Å². The molecule has 122 valence electrons. The molecular weight excluding hydrogens is 260 g/mol. The van der Waals surface area contributed by atoms with E-state index in [0.29, 0.717) is 6.04 Å². The van der Waals surface area contributed by atoms with Gasteiger partial charge in [-0.15, -0.1) is 0 Å². The molecule has 0 amide bonds. The van der Waals surface area contributed by atoms with Crippen molar-refractivity contribution in [3.63, 3.8) is 0 Å². The summed E-state index contributed by atoms with van der Waals surface area (Å²) in [5.41, 5.74) is 5.78. The number of rotatable bonds is 10. The molecular formula is C18H34N2O. The van der Waals surface area contributed by atoms with E-state index in [9.17, 15) is 5.11 Å². The molecule has 3 atom stereocenters. The van der Waals surface area contributed by atoms with Crippen LogP contribution in [0.4, 0.5) is 0 Å². The van der Waals surface area contributed by atoms with Crippen LogP contribution in [-0.2, 0) is 0 Å². The standard InChI is InChI=1S/C18H34N2O/c1-2-3-4-5-6-7-8-9-10-11-12-13-16-14-18(21)17(19)15-20-16/h5-8,16-18,20-21H,2-4,9-15,19H2,1H3/b6-5+,8-7+/t16-,17+,18-/m1/s1. The molecule has 1 aliphatic heterocycles. The van der Waals surface area contributed by atoms with E-state index in [0.717, 1.165) is 19.4 Å². The van der Waals surface area contributed by atoms with Crippen LogP contribution in [0.5, 0.6) is 0 Å². The summed E-state index contributed by atoms with van der Waals surface area (Å²) in [5.74, 6) is 0. The average molecular weight is 294 g/mol. The van der Waals surface area contributed by atoms with Crippen molar-refractivity contribution in [2.75, 3.05) is 6.54 Å². The van der Waals surface area contributed by atoms with E-state index in [4.69, 9.17) is 5.73 Å². The lowest BCUT2D eigenvalue weighted by molar-refractivity contribution is 0.0936. The van der Waals surface area contributed by atoms with Gasteiger partial charge in [0, 0.05) is 18.6 Å². The van der Waals surface area contributed by atoms with Crippen molar-refractivity contribution in [3.8, 4) is 0 Å². The molecule has 1 fully saturated rings. The molecule has 3 nitrogen and oxygen atoms in total. The van der Waals surface area contributed by atoms with Crippen LogP contribution in [-0.4, -0.2) is 29.8 Å². The van der Waals surface area contributed by atoms with Gasteiger partial charge < -0.3 is 16.2 Å². The predicted octanol–water partition coefficient (Wildman–Crippen LogP) is 3.29. The number of hydrogen-bond acceptors (Lipinski definition) is 3. The van der Waals surface area contributed by atoms with Gasteiger partial charge in [0.25, 0.3) is 0 Å². The number of hydrogen-bond donors (Lipinski definition) is 3. The lowest BCUT2D eigenvalue weighted by Gasteiger charge is -2.32. The number of aliphatic hydroxyl groups is 1. The van der Waals surface area contributed by atoms with Crippen LogP contribution in [0.1, 0.15) is 64.7 Å². The van der Waals surface area contributed by atoms with Gasteiger partial charge in [-0.1, -0.05) is 56.9 Å². The first-order chi connectivity index (χ1) is 10.2. The Hall–Kier alpha value is -0.640. The largest absolute Gasteiger partial charge is 0.391 e. The Bertz CT molecular complexity index is 302. The topological polar surface area (TPSA) is 58.3 Å². The van der Waals surface area contributed by atoms with Gasteiger partial charge in [-0.2, -0.15) is 0 Å². The van der Waals surface area contributed by atoms with Crippen LogP contribution in [0.25, 0.3) is 0 Å². The molecule has 1 heterocycles. The second kappa shape index (κ2) is 12.0. The molecule has 0 spiro atoms. The lowest BCUT2D eigenvalue weighted by Crippen LogP contribution is -2.53. The highest BCUT2D eigenvalue weighted by Crippen LogP contribution is 2.14. The van der Waals surface area contributed by atoms with Crippen molar-refractivity contribution >= 4 is 0 Å². The van der Waals surface area contributed by atoms with Crippen LogP contribution in [0, 0.1) is 0 Å². The fourth-order valence-corrected chi connectivity index (χ4v) is 2.71. The molecule has 1 rings (SSSR count). The minimum absolute atomic E-state index is 0.0863. The zero-order valence-corrected chi connectivity index (χ0v) is 13.6. The Balaban J connectivity index is 1.93. The summed E-state index contributed by atoms with van der Waals surface area (Å²) in [6.07, 6.45) is 19.2. The maximum atomic E-state index is 9.74. The highest BCUT2D eigenvalue weighted by molar-refractivity contribution is 5.02. The quantitative estimate of drug-likeness (QED) is 0.428. The van der Waals surface area contributed by atoms with Gasteiger partial charge in [-0.3, -0.25) is 0 Å². The number of piperidine rings is 1. The third-order valence-electron chi connectivity index (χ3n) is 4.19. The SMILES string of the molecule is CCCC/C=C/C=C/CCCCC[C@@H]1C[C@@H](O)[C@@H](N)CN1. The van der Waals surface area contributed by atoms with E-state index in [1.54, 1.807) is 0 Å². The van der Waals surface area contributed by atoms with Crippen molar-refractivity contribution < 1.29 is 5.11 Å². The van der Waals surface area contributed by atoms with Crippen LogP contribution in [0.15, 0.2) is 24.3 Å². The third kappa shape index (κ3) is 9.07. The second-order valence-electron chi connectivity index (χ2n) is 6.21. The number of unbranched alkanes of at least 4 members (excludes halogenated alkanes) is 5. The normalized spacial score (nSPS) is 26.9. The molecule has 0 unspecified atom stereocenters. The van der Waals surface area contributed by atoms with Crippen molar-refractivity contribution in [1.29, 1.82) is 0 Å². The minimum atomic E-state index is -0.321. The molecule has 0 aromatic heterocycles. The summed E-state index contributed by atoms with van der Waals surface area (Å²) in [5, 5.41) is 13.2. The van der Waals surface area contributed by atoms with Crippen molar-refractivity contribution in [2.45, 2.75) is 82.9 Å². The Morgan fingerprint density at radius 3 is 2.48 bits per heavy atom. The highest BCUT2D eigenvalue weighted by atomic mass is 16.3. The van der Waals surface area contributed by atoms with Gasteiger partial charge in [0.1, 0.15) is 0 Å². The molecule has 0 saturated carbocycles. The first-order valence-corrected chi connectivity index (χ1v) is 8.72. The number of allylic oxidation sites excluding steroid dienone is 4. The van der Waals surface area contributed by atoms with Crippen molar-refractivity contribution in [2.24, 2.45) is 5.73 Å². The average Bonchev–Trinajstić information content (AvgIpc) is 2.48. The Kier molecular flexibility index (Phi) is 10.5. The fourth-order valence-electron chi connectivity index (χ4n) is 2.71. The molecule has 0 aliphatic carbocycles. The summed E-state index contributed by atoms with van der Waals surface area (Å²) in [6.45, 7) is 2.97. The first kappa shape index (κ1) is 18.4. The fraction of sp³-hybridized carbons (Fsp3) is 0.778. The van der Waals surface area contributed by atoms with Crippen molar-refractivity contribution in [3.05, 3.63) is 24.3 Å². The zero-order chi connectivity index (χ0) is 15.3. The molecule has 1 saturated heterocycles. The summed E-state index contributed by atoms with van der Waals surface area (Å²) in [7, 11) is 0. The molecule has 1 aliphatic rings. The highest BCUT2D eigenvalue weighted by Gasteiger charge is 2.25. The van der Waals surface area contributed by atoms with E-state index in [1.807, 2.05) is 0 Å². The number of nitrogens with one attached hydrogen (secondary N) is 1. The van der Waals surface area contributed by atoms with Gasteiger partial charge in [0.15, 0.2) is 0 Å². The molecule has 4 N–H and O–H groups in total. The maximum Gasteiger partial charge on any atom is 0.0718 e. The Labute approximate surface area is 130 Å². The second-order valence-corrected chi connectivity index (χ2v) is 6.21. The minimum Gasteiger partial charge on any atom is -0.391 e. The summed E-state index contributed by atoms with van der Waals surface area (Å²) in [4.78, 5) is 0. The smallest absolute Gasteiger partial charge is 0.0718 e. The van der Waals surface area contributed by atoms with E-state index >= 15 is 0 Å². The molecule has 0 bridgehead atoms. The Morgan fingerprint density at radius 1 is 1.10 bits per heavy atom. The van der Waals surface area contributed by atoms with Gasteiger partial charge in [0.2, 0.25) is 0 Å². The van der Waals surface area contributed by atoms with E-state index in [-0.39, 0.29) is 12.1 Å². The van der Waals surface area contributed by atoms with Gasteiger partial charge in [0.05, 0.1) is 6.10 Å². The van der Waals surface area contributed by atoms with E-state index < -0.39 is 0 Å². The first-order valence-electron chi connectivity index (χ1n) is 8.72. The number of nitrogens with two attached hydrogens (primary N) is 1. The monoisotopic (exact) mass is 294 g/mol. The molecule has 0 aromatic rings. The number of aliphatic hydroxyl groups excluding tert-OH is 1. The Morgan fingerprint density at radius 2 is 1.81 bits per heavy atom. The van der Waals surface area contributed by atoms with Crippen LogP contribution in [0.2, 0.25) is 0 Å². The van der Waals surface area contributed by atoms with Gasteiger partial charge in [-0.25, -0.2) is 0 Å².